The Kier molecular flexibility index (Phi) is 2.62. The Morgan fingerprint density at radius 1 is 1.00 bits per heavy atom. The molecule has 2 aromatic carbocycles. The summed E-state index contributed by atoms with van der Waals surface area (Å²) in [6, 6.07) is 14.5. The third kappa shape index (κ3) is 1.83. The lowest BCUT2D eigenvalue weighted by molar-refractivity contribution is 0.284. The first-order valence-corrected chi connectivity index (χ1v) is 6.81. The molecule has 0 fully saturated rings. The Hall–Kier alpha value is -2.42. The Bertz CT molecular complexity index is 664. The van der Waals surface area contributed by atoms with Gasteiger partial charge in [0.05, 0.1) is 18.4 Å². The molecule has 2 aliphatic rings. The lowest BCUT2D eigenvalue weighted by Gasteiger charge is -2.32. The molecule has 0 N–H and O–H groups in total. The van der Waals surface area contributed by atoms with Crippen molar-refractivity contribution < 1.29 is 9.47 Å². The molecule has 0 bridgehead atoms. The molecular weight excluding hydrogens is 250 g/mol. The number of hydrogen-bond donors (Lipinski definition) is 0. The van der Waals surface area contributed by atoms with Gasteiger partial charge in [-0.15, -0.1) is 0 Å². The number of rotatable bonds is 1. The van der Waals surface area contributed by atoms with E-state index in [1.54, 1.807) is 6.26 Å². The number of ether oxygens (including phenoxy) is 2. The molecule has 2 heterocycles. The molecule has 3 heteroatoms. The zero-order valence-corrected chi connectivity index (χ0v) is 11.1. The topological polar surface area (TPSA) is 21.7 Å². The van der Waals surface area contributed by atoms with E-state index in [4.69, 9.17) is 9.47 Å². The minimum atomic E-state index is 0.575. The van der Waals surface area contributed by atoms with E-state index in [2.05, 4.69) is 29.2 Å². The molecule has 0 saturated carbocycles. The molecule has 4 rings (SSSR count). The van der Waals surface area contributed by atoms with Gasteiger partial charge in [0.2, 0.25) is 0 Å². The smallest absolute Gasteiger partial charge is 0.161 e. The SMILES string of the molecule is C1=COc2c(ccc3c2CN(c2ccccc2)CO3)C1. The van der Waals surface area contributed by atoms with E-state index < -0.39 is 0 Å². The van der Waals surface area contributed by atoms with Crippen molar-refractivity contribution >= 4 is 5.69 Å². The number of para-hydroxylation sites is 1. The average Bonchev–Trinajstić information content (AvgIpc) is 2.55. The Balaban J connectivity index is 1.72. The first kappa shape index (κ1) is 11.4. The van der Waals surface area contributed by atoms with Crippen molar-refractivity contribution in [3.8, 4) is 11.5 Å². The molecule has 0 amide bonds. The molecule has 20 heavy (non-hydrogen) atoms. The maximum Gasteiger partial charge on any atom is 0.161 e. The Morgan fingerprint density at radius 2 is 1.90 bits per heavy atom. The summed E-state index contributed by atoms with van der Waals surface area (Å²) in [5.41, 5.74) is 3.54. The monoisotopic (exact) mass is 265 g/mol. The summed E-state index contributed by atoms with van der Waals surface area (Å²) in [6.07, 6.45) is 4.73. The summed E-state index contributed by atoms with van der Waals surface area (Å²) in [5.74, 6) is 1.90. The summed E-state index contributed by atoms with van der Waals surface area (Å²) in [6.45, 7) is 1.39. The molecule has 0 atom stereocenters. The lowest BCUT2D eigenvalue weighted by Crippen LogP contribution is -2.32. The Morgan fingerprint density at radius 3 is 2.80 bits per heavy atom. The van der Waals surface area contributed by atoms with Crippen LogP contribution in [-0.4, -0.2) is 6.73 Å². The third-order valence-corrected chi connectivity index (χ3v) is 3.77. The van der Waals surface area contributed by atoms with Crippen LogP contribution in [0.5, 0.6) is 11.5 Å². The summed E-state index contributed by atoms with van der Waals surface area (Å²) < 4.78 is 11.6. The van der Waals surface area contributed by atoms with Crippen LogP contribution in [0.15, 0.2) is 54.8 Å². The second-order valence-electron chi connectivity index (χ2n) is 5.03. The highest BCUT2D eigenvalue weighted by Gasteiger charge is 2.24. The average molecular weight is 265 g/mol. The normalized spacial score (nSPS) is 15.9. The van der Waals surface area contributed by atoms with E-state index in [0.717, 1.165) is 30.0 Å². The summed E-state index contributed by atoms with van der Waals surface area (Å²) in [5, 5.41) is 0. The molecule has 0 unspecified atom stereocenters. The molecule has 3 nitrogen and oxygen atoms in total. The van der Waals surface area contributed by atoms with E-state index >= 15 is 0 Å². The molecule has 0 saturated heterocycles. The van der Waals surface area contributed by atoms with Gasteiger partial charge in [-0.2, -0.15) is 0 Å². The van der Waals surface area contributed by atoms with Gasteiger partial charge >= 0.3 is 0 Å². The predicted molar refractivity (Wildman–Crippen MR) is 78.0 cm³/mol. The first-order chi connectivity index (χ1) is 9.92. The fraction of sp³-hybridized carbons (Fsp3) is 0.176. The number of fused-ring (bicyclic) bond motifs is 3. The van der Waals surface area contributed by atoms with E-state index in [-0.39, 0.29) is 0 Å². The van der Waals surface area contributed by atoms with Crippen LogP contribution in [0, 0.1) is 0 Å². The van der Waals surface area contributed by atoms with E-state index in [1.807, 2.05) is 24.3 Å². The quantitative estimate of drug-likeness (QED) is 0.787. The molecule has 100 valence electrons. The van der Waals surface area contributed by atoms with Gasteiger partial charge in [0.1, 0.15) is 11.5 Å². The minimum absolute atomic E-state index is 0.575. The van der Waals surface area contributed by atoms with Gasteiger partial charge in [-0.25, -0.2) is 0 Å². The molecule has 2 aromatic rings. The second kappa shape index (κ2) is 4.60. The number of allylic oxidation sites excluding steroid dienone is 1. The van der Waals surface area contributed by atoms with Gasteiger partial charge in [0.25, 0.3) is 0 Å². The summed E-state index contributed by atoms with van der Waals surface area (Å²) in [4.78, 5) is 2.21. The fourth-order valence-corrected chi connectivity index (χ4v) is 2.73. The highest BCUT2D eigenvalue weighted by Crippen LogP contribution is 2.38. The molecule has 2 aliphatic heterocycles. The number of hydrogen-bond acceptors (Lipinski definition) is 3. The van der Waals surface area contributed by atoms with Crippen LogP contribution in [-0.2, 0) is 13.0 Å². The van der Waals surface area contributed by atoms with Crippen LogP contribution in [0.3, 0.4) is 0 Å². The molecular formula is C17H15NO2. The van der Waals surface area contributed by atoms with Crippen LogP contribution < -0.4 is 14.4 Å². The number of anilines is 1. The van der Waals surface area contributed by atoms with E-state index in [9.17, 15) is 0 Å². The van der Waals surface area contributed by atoms with Crippen molar-refractivity contribution in [2.45, 2.75) is 13.0 Å². The standard InChI is InChI=1S/C17H15NO2/c1-2-6-14(7-3-1)18-11-15-16(20-12-18)9-8-13-5-4-10-19-17(13)15/h1-4,6-10H,5,11-12H2. The van der Waals surface area contributed by atoms with Gasteiger partial charge < -0.3 is 14.4 Å². The van der Waals surface area contributed by atoms with Crippen LogP contribution >= 0.6 is 0 Å². The molecule has 0 spiro atoms. The van der Waals surface area contributed by atoms with Crippen molar-refractivity contribution in [2.75, 3.05) is 11.6 Å². The number of nitrogens with zero attached hydrogens (tertiary/aromatic N) is 1. The van der Waals surface area contributed by atoms with Crippen molar-refractivity contribution in [1.82, 2.24) is 0 Å². The second-order valence-corrected chi connectivity index (χ2v) is 5.03. The number of benzene rings is 2. The van der Waals surface area contributed by atoms with Gasteiger partial charge in [0.15, 0.2) is 6.73 Å². The zero-order chi connectivity index (χ0) is 13.4. The van der Waals surface area contributed by atoms with Crippen LogP contribution in [0.25, 0.3) is 0 Å². The minimum Gasteiger partial charge on any atom is -0.473 e. The Labute approximate surface area is 118 Å². The van der Waals surface area contributed by atoms with Crippen molar-refractivity contribution in [3.63, 3.8) is 0 Å². The van der Waals surface area contributed by atoms with Gasteiger partial charge in [-0.3, -0.25) is 0 Å². The van der Waals surface area contributed by atoms with Gasteiger partial charge in [0, 0.05) is 5.69 Å². The maximum absolute atomic E-state index is 5.88. The summed E-state index contributed by atoms with van der Waals surface area (Å²) >= 11 is 0. The zero-order valence-electron chi connectivity index (χ0n) is 11.1. The highest BCUT2D eigenvalue weighted by atomic mass is 16.5. The van der Waals surface area contributed by atoms with E-state index in [1.165, 1.54) is 11.3 Å². The highest BCUT2D eigenvalue weighted by molar-refractivity contribution is 5.57. The fourth-order valence-electron chi connectivity index (χ4n) is 2.73. The predicted octanol–water partition coefficient (Wildman–Crippen LogP) is 3.49. The van der Waals surface area contributed by atoms with Crippen molar-refractivity contribution in [3.05, 3.63) is 65.9 Å². The van der Waals surface area contributed by atoms with Gasteiger partial charge in [-0.05, 0) is 36.3 Å². The van der Waals surface area contributed by atoms with Crippen LogP contribution in [0.1, 0.15) is 11.1 Å². The molecule has 0 aliphatic carbocycles. The van der Waals surface area contributed by atoms with Crippen LogP contribution in [0.4, 0.5) is 5.69 Å². The van der Waals surface area contributed by atoms with Crippen LogP contribution in [0.2, 0.25) is 0 Å². The maximum atomic E-state index is 5.88. The largest absolute Gasteiger partial charge is 0.473 e. The van der Waals surface area contributed by atoms with Crippen molar-refractivity contribution in [2.24, 2.45) is 0 Å². The molecule has 0 radical (unpaired) electrons. The first-order valence-electron chi connectivity index (χ1n) is 6.81. The third-order valence-electron chi connectivity index (χ3n) is 3.77. The lowest BCUT2D eigenvalue weighted by atomic mass is 10.0. The molecule has 0 aromatic heterocycles. The van der Waals surface area contributed by atoms with E-state index in [0.29, 0.717) is 6.73 Å². The summed E-state index contributed by atoms with van der Waals surface area (Å²) in [7, 11) is 0. The van der Waals surface area contributed by atoms with Gasteiger partial charge in [-0.1, -0.05) is 24.3 Å². The van der Waals surface area contributed by atoms with Crippen molar-refractivity contribution in [1.29, 1.82) is 0 Å².